The van der Waals surface area contributed by atoms with Crippen LogP contribution in [0.4, 0.5) is 0 Å². The van der Waals surface area contributed by atoms with Crippen molar-refractivity contribution >= 4 is 6.41 Å². The smallest absolute Gasteiger partial charge is 0.207 e. The van der Waals surface area contributed by atoms with Gasteiger partial charge in [-0.15, -0.1) is 6.58 Å². The fourth-order valence-corrected chi connectivity index (χ4v) is 0.131. The molecule has 0 aliphatic rings. The molecule has 0 aromatic rings. The summed E-state index contributed by atoms with van der Waals surface area (Å²) in [7, 11) is 0. The van der Waals surface area contributed by atoms with Crippen molar-refractivity contribution in [1.82, 2.24) is 5.32 Å². The van der Waals surface area contributed by atoms with E-state index in [1.807, 2.05) is 0 Å². The van der Waals surface area contributed by atoms with Crippen molar-refractivity contribution in [1.29, 1.82) is 0 Å². The molecule has 0 rings (SSSR count). The van der Waals surface area contributed by atoms with Gasteiger partial charge in [-0.05, 0) is 0 Å². The largest absolute Gasteiger partial charge is 0.516 e. The Bertz CT molecular complexity index is 73.1. The summed E-state index contributed by atoms with van der Waals surface area (Å²) in [5, 5.41) is 9.73. The maximum atomic E-state index is 9.40. The lowest BCUT2D eigenvalue weighted by Gasteiger charge is -1.81. The fourth-order valence-electron chi connectivity index (χ4n) is 0.131. The summed E-state index contributed by atoms with van der Waals surface area (Å²) in [6, 6.07) is 0. The lowest BCUT2D eigenvalue weighted by molar-refractivity contribution is -0.109. The zero-order chi connectivity index (χ0) is 7.54. The molecule has 0 heterocycles. The van der Waals surface area contributed by atoms with Crippen LogP contribution in [0.2, 0.25) is 0 Å². The molecule has 0 aliphatic heterocycles. The number of carbonyl (C=O) groups excluding carboxylic acids is 1. The molecular formula is C6H11NO2. The van der Waals surface area contributed by atoms with Gasteiger partial charge in [-0.25, -0.2) is 0 Å². The van der Waals surface area contributed by atoms with Crippen LogP contribution >= 0.6 is 0 Å². The fraction of sp³-hybridized carbons (Fsp3) is 0.167. The highest BCUT2D eigenvalue weighted by molar-refractivity contribution is 5.46. The van der Waals surface area contributed by atoms with Crippen LogP contribution in [0, 0.1) is 0 Å². The molecule has 0 atom stereocenters. The van der Waals surface area contributed by atoms with Crippen molar-refractivity contribution in [3.05, 3.63) is 25.5 Å². The van der Waals surface area contributed by atoms with Crippen LogP contribution in [0.25, 0.3) is 0 Å². The molecule has 0 aliphatic carbocycles. The van der Waals surface area contributed by atoms with Crippen molar-refractivity contribution < 1.29 is 9.90 Å². The molecule has 9 heavy (non-hydrogen) atoms. The molecule has 0 radical (unpaired) electrons. The first kappa shape index (κ1) is 10.7. The van der Waals surface area contributed by atoms with Crippen LogP contribution in [0.15, 0.2) is 25.5 Å². The van der Waals surface area contributed by atoms with Gasteiger partial charge in [0.15, 0.2) is 0 Å². The summed E-state index contributed by atoms with van der Waals surface area (Å²) in [5.74, 6) is 0. The Morgan fingerprint density at radius 1 is 1.56 bits per heavy atom. The number of rotatable bonds is 3. The minimum absolute atomic E-state index is 0.559. The summed E-state index contributed by atoms with van der Waals surface area (Å²) < 4.78 is 0. The maximum absolute atomic E-state index is 9.40. The molecule has 0 saturated heterocycles. The van der Waals surface area contributed by atoms with E-state index in [1.165, 1.54) is 0 Å². The van der Waals surface area contributed by atoms with Crippen molar-refractivity contribution in [2.75, 3.05) is 6.54 Å². The molecule has 0 fully saturated rings. The summed E-state index contributed by atoms with van der Waals surface area (Å²) in [6.45, 7) is 6.85. The molecule has 0 aromatic carbocycles. The van der Waals surface area contributed by atoms with Crippen molar-refractivity contribution in [2.24, 2.45) is 0 Å². The molecule has 0 bridgehead atoms. The highest BCUT2D eigenvalue weighted by Gasteiger charge is 1.63. The second kappa shape index (κ2) is 15.9. The first-order chi connectivity index (χ1) is 4.33. The summed E-state index contributed by atoms with van der Waals surface area (Å²) >= 11 is 0. The number of amides is 1. The van der Waals surface area contributed by atoms with Gasteiger partial charge < -0.3 is 10.4 Å². The first-order valence-corrected chi connectivity index (χ1v) is 2.36. The van der Waals surface area contributed by atoms with Gasteiger partial charge in [0.1, 0.15) is 0 Å². The number of carbonyl (C=O) groups is 1. The first-order valence-electron chi connectivity index (χ1n) is 2.36. The van der Waals surface area contributed by atoms with Crippen LogP contribution in [-0.2, 0) is 4.79 Å². The maximum Gasteiger partial charge on any atom is 0.207 e. The van der Waals surface area contributed by atoms with E-state index >= 15 is 0 Å². The van der Waals surface area contributed by atoms with E-state index in [4.69, 9.17) is 5.11 Å². The molecule has 0 spiro atoms. The van der Waals surface area contributed by atoms with E-state index in [2.05, 4.69) is 18.5 Å². The minimum Gasteiger partial charge on any atom is -0.516 e. The average Bonchev–Trinajstić information content (AvgIpc) is 1.86. The van der Waals surface area contributed by atoms with Gasteiger partial charge in [0, 0.05) is 6.54 Å². The van der Waals surface area contributed by atoms with Crippen LogP contribution in [0.5, 0.6) is 0 Å². The summed E-state index contributed by atoms with van der Waals surface area (Å²) in [6.07, 6.45) is 3.01. The molecule has 0 saturated carbocycles. The van der Waals surface area contributed by atoms with Crippen LogP contribution < -0.4 is 5.32 Å². The van der Waals surface area contributed by atoms with Crippen molar-refractivity contribution in [3.8, 4) is 0 Å². The summed E-state index contributed by atoms with van der Waals surface area (Å²) in [5.41, 5.74) is 0. The second-order valence-corrected chi connectivity index (χ2v) is 0.997. The Morgan fingerprint density at radius 3 is 2.11 bits per heavy atom. The number of aliphatic hydroxyl groups is 1. The monoisotopic (exact) mass is 129 g/mol. The van der Waals surface area contributed by atoms with E-state index < -0.39 is 0 Å². The standard InChI is InChI=1S/C4H7NO.C2H4O/c1-2-3-5-4-6;1-2-3/h2,4H,1,3H2,(H,5,6);2-3H,1H2. The SMILES string of the molecule is C=CCNC=O.C=CO. The molecule has 3 nitrogen and oxygen atoms in total. The zero-order valence-corrected chi connectivity index (χ0v) is 5.21. The molecule has 0 unspecified atom stereocenters. The minimum atomic E-state index is 0.559. The highest BCUT2D eigenvalue weighted by atomic mass is 16.2. The lowest BCUT2D eigenvalue weighted by atomic mass is 10.6. The Balaban J connectivity index is 0. The van der Waals surface area contributed by atoms with Crippen molar-refractivity contribution in [3.63, 3.8) is 0 Å². The number of hydrogen-bond acceptors (Lipinski definition) is 2. The van der Waals surface area contributed by atoms with Crippen LogP contribution in [-0.4, -0.2) is 18.1 Å². The van der Waals surface area contributed by atoms with Crippen LogP contribution in [0.3, 0.4) is 0 Å². The van der Waals surface area contributed by atoms with Gasteiger partial charge >= 0.3 is 0 Å². The van der Waals surface area contributed by atoms with Gasteiger partial charge in [0.2, 0.25) is 6.41 Å². The Morgan fingerprint density at radius 2 is 2.00 bits per heavy atom. The second-order valence-electron chi connectivity index (χ2n) is 0.997. The third-order valence-electron chi connectivity index (χ3n) is 0.346. The Labute approximate surface area is 54.7 Å². The summed E-state index contributed by atoms with van der Waals surface area (Å²) in [4.78, 5) is 9.40. The van der Waals surface area contributed by atoms with Gasteiger partial charge in [-0.3, -0.25) is 4.79 Å². The molecule has 0 aromatic heterocycles. The van der Waals surface area contributed by atoms with Crippen molar-refractivity contribution in [2.45, 2.75) is 0 Å². The Hall–Kier alpha value is -1.25. The van der Waals surface area contributed by atoms with E-state index in [0.717, 1.165) is 6.26 Å². The van der Waals surface area contributed by atoms with Gasteiger partial charge in [0.25, 0.3) is 0 Å². The topological polar surface area (TPSA) is 49.3 Å². The normalized spacial score (nSPS) is 5.78. The van der Waals surface area contributed by atoms with E-state index in [-0.39, 0.29) is 0 Å². The van der Waals surface area contributed by atoms with Gasteiger partial charge in [-0.1, -0.05) is 12.7 Å². The highest BCUT2D eigenvalue weighted by Crippen LogP contribution is 1.49. The molecular weight excluding hydrogens is 118 g/mol. The molecule has 3 heteroatoms. The predicted octanol–water partition coefficient (Wildman–Crippen LogP) is 0.606. The van der Waals surface area contributed by atoms with Gasteiger partial charge in [0.05, 0.1) is 6.26 Å². The number of aliphatic hydroxyl groups excluding tert-OH is 1. The third-order valence-corrected chi connectivity index (χ3v) is 0.346. The van der Waals surface area contributed by atoms with Gasteiger partial charge in [-0.2, -0.15) is 0 Å². The van der Waals surface area contributed by atoms with E-state index in [1.54, 1.807) is 6.08 Å². The average molecular weight is 129 g/mol. The van der Waals surface area contributed by atoms with E-state index in [0.29, 0.717) is 13.0 Å². The molecule has 1 amide bonds. The number of hydrogen-bond donors (Lipinski definition) is 2. The zero-order valence-electron chi connectivity index (χ0n) is 5.21. The quantitative estimate of drug-likeness (QED) is 0.254. The predicted molar refractivity (Wildman–Crippen MR) is 37.1 cm³/mol. The third kappa shape index (κ3) is 49.7. The lowest BCUT2D eigenvalue weighted by Crippen LogP contribution is -2.08. The molecule has 2 N–H and O–H groups in total. The van der Waals surface area contributed by atoms with E-state index in [9.17, 15) is 4.79 Å². The number of nitrogens with one attached hydrogen (secondary N) is 1. The van der Waals surface area contributed by atoms with Crippen LogP contribution in [0.1, 0.15) is 0 Å². The Kier molecular flexibility index (Phi) is 18.8. The molecule has 52 valence electrons.